The molecule has 1 aliphatic heterocycles. The zero-order valence-corrected chi connectivity index (χ0v) is 21.1. The van der Waals surface area contributed by atoms with Crippen molar-refractivity contribution in [3.63, 3.8) is 0 Å². The molecular formula is C27H35N3O6. The summed E-state index contributed by atoms with van der Waals surface area (Å²) in [6.45, 7) is 6.31. The van der Waals surface area contributed by atoms with Crippen molar-refractivity contribution in [3.8, 4) is 5.75 Å². The molecule has 1 heterocycles. The lowest BCUT2D eigenvalue weighted by Gasteiger charge is -2.24. The number of hydrogen-bond donors (Lipinski definition) is 3. The molecular weight excluding hydrogens is 462 g/mol. The van der Waals surface area contributed by atoms with Gasteiger partial charge in [-0.3, -0.25) is 15.0 Å². The van der Waals surface area contributed by atoms with Crippen LogP contribution in [0.15, 0.2) is 59.6 Å². The van der Waals surface area contributed by atoms with Crippen molar-refractivity contribution in [2.45, 2.75) is 57.7 Å². The second-order valence-corrected chi connectivity index (χ2v) is 9.57. The van der Waals surface area contributed by atoms with Crippen LogP contribution in [0.1, 0.15) is 51.2 Å². The Morgan fingerprint density at radius 2 is 1.83 bits per heavy atom. The van der Waals surface area contributed by atoms with E-state index in [1.807, 2.05) is 30.3 Å². The molecule has 0 bridgehead atoms. The summed E-state index contributed by atoms with van der Waals surface area (Å²) in [5.41, 5.74) is 5.46. The Balaban J connectivity index is 1.72. The summed E-state index contributed by atoms with van der Waals surface area (Å²) >= 11 is 0. The first kappa shape index (κ1) is 27.2. The van der Waals surface area contributed by atoms with Gasteiger partial charge in [0.2, 0.25) is 5.90 Å². The number of aliphatic imine (C=N–C) groups is 1. The minimum atomic E-state index is -1.29. The van der Waals surface area contributed by atoms with E-state index in [0.29, 0.717) is 36.8 Å². The summed E-state index contributed by atoms with van der Waals surface area (Å²) in [5.74, 6) is 0.185. The second kappa shape index (κ2) is 12.5. The van der Waals surface area contributed by atoms with Crippen molar-refractivity contribution >= 4 is 17.8 Å². The molecule has 36 heavy (non-hydrogen) atoms. The van der Waals surface area contributed by atoms with E-state index in [4.69, 9.17) is 19.3 Å². The normalized spacial score (nSPS) is 17.2. The molecule has 0 aromatic heterocycles. The van der Waals surface area contributed by atoms with Gasteiger partial charge < -0.3 is 19.3 Å². The van der Waals surface area contributed by atoms with E-state index in [1.54, 1.807) is 45.0 Å². The summed E-state index contributed by atoms with van der Waals surface area (Å²) < 4.78 is 16.8. The second-order valence-electron chi connectivity index (χ2n) is 9.57. The van der Waals surface area contributed by atoms with Crippen LogP contribution in [0.4, 0.5) is 0 Å². The number of carbonyl (C=O) groups excluding carboxylic acids is 2. The van der Waals surface area contributed by atoms with Crippen molar-refractivity contribution in [2.75, 3.05) is 19.8 Å². The fourth-order valence-electron chi connectivity index (χ4n) is 3.54. The van der Waals surface area contributed by atoms with Crippen LogP contribution >= 0.6 is 0 Å². The van der Waals surface area contributed by atoms with Gasteiger partial charge >= 0.3 is 5.97 Å². The molecule has 0 radical (unpaired) electrons. The third-order valence-electron chi connectivity index (χ3n) is 5.36. The van der Waals surface area contributed by atoms with Crippen LogP contribution in [0.3, 0.4) is 0 Å². The molecule has 1 atom stereocenters. The van der Waals surface area contributed by atoms with Gasteiger partial charge in [-0.15, -0.1) is 0 Å². The van der Waals surface area contributed by atoms with Crippen LogP contribution in [-0.2, 0) is 25.6 Å². The molecule has 0 saturated carbocycles. The first-order valence-corrected chi connectivity index (χ1v) is 12.1. The quantitative estimate of drug-likeness (QED) is 0.234. The molecule has 2 aromatic rings. The maximum absolute atomic E-state index is 13.3. The van der Waals surface area contributed by atoms with Gasteiger partial charge in [0.05, 0.1) is 6.61 Å². The lowest BCUT2D eigenvalue weighted by Crippen LogP contribution is -2.51. The first-order chi connectivity index (χ1) is 17.2. The van der Waals surface area contributed by atoms with Crippen molar-refractivity contribution in [1.29, 1.82) is 0 Å². The van der Waals surface area contributed by atoms with Gasteiger partial charge in [0, 0.05) is 31.6 Å². The molecule has 3 rings (SSSR count). The standard InChI is InChI=1S/C27H35N3O6/c1-26(2,3)36-23(32)14-15-27(25(33)30-28-18-20-8-5-4-6-9-20)19-35-24(29-27)21-10-12-22(13-11-21)34-17-7-16-31/h4-6,8-13,28,31H,7,14-19H2,1-3H3,(H,30,33)/t27-/m0/s1. The number of nitrogens with one attached hydrogen (secondary N) is 2. The maximum atomic E-state index is 13.3. The third-order valence-corrected chi connectivity index (χ3v) is 5.36. The maximum Gasteiger partial charge on any atom is 0.306 e. The highest BCUT2D eigenvalue weighted by Gasteiger charge is 2.45. The zero-order chi connectivity index (χ0) is 26.0. The SMILES string of the molecule is CC(C)(C)OC(=O)CC[C@@]1(C(=O)NNCc2ccccc2)COC(c2ccc(OCCCO)cc2)=N1. The highest BCUT2D eigenvalue weighted by Crippen LogP contribution is 2.28. The predicted octanol–water partition coefficient (Wildman–Crippen LogP) is 2.91. The molecule has 3 N–H and O–H groups in total. The number of hydrogen-bond acceptors (Lipinski definition) is 8. The molecule has 0 saturated heterocycles. The van der Waals surface area contributed by atoms with Crippen molar-refractivity contribution in [1.82, 2.24) is 10.9 Å². The average Bonchev–Trinajstić information content (AvgIpc) is 3.29. The van der Waals surface area contributed by atoms with Crippen LogP contribution in [0, 0.1) is 0 Å². The van der Waals surface area contributed by atoms with Gasteiger partial charge in [0.15, 0.2) is 5.54 Å². The third kappa shape index (κ3) is 8.07. The van der Waals surface area contributed by atoms with Gasteiger partial charge in [0.25, 0.3) is 5.91 Å². The largest absolute Gasteiger partial charge is 0.494 e. The molecule has 194 valence electrons. The Morgan fingerprint density at radius 3 is 2.50 bits per heavy atom. The van der Waals surface area contributed by atoms with Gasteiger partial charge in [0.1, 0.15) is 18.0 Å². The molecule has 9 nitrogen and oxygen atoms in total. The van der Waals surface area contributed by atoms with Gasteiger partial charge in [-0.1, -0.05) is 30.3 Å². The van der Waals surface area contributed by atoms with Crippen LogP contribution in [0.5, 0.6) is 5.75 Å². The molecule has 0 spiro atoms. The number of aliphatic hydroxyl groups excluding tert-OH is 1. The summed E-state index contributed by atoms with van der Waals surface area (Å²) in [4.78, 5) is 30.3. The number of amides is 1. The number of carbonyl (C=O) groups is 2. The van der Waals surface area contributed by atoms with E-state index >= 15 is 0 Å². The number of aliphatic hydroxyl groups is 1. The molecule has 0 unspecified atom stereocenters. The fourth-order valence-corrected chi connectivity index (χ4v) is 3.54. The van der Waals surface area contributed by atoms with Crippen molar-refractivity contribution in [2.24, 2.45) is 4.99 Å². The van der Waals surface area contributed by atoms with Crippen molar-refractivity contribution in [3.05, 3.63) is 65.7 Å². The Labute approximate surface area is 211 Å². The Bertz CT molecular complexity index is 1030. The monoisotopic (exact) mass is 497 g/mol. The number of nitrogens with zero attached hydrogens (tertiary/aromatic N) is 1. The van der Waals surface area contributed by atoms with Gasteiger partial charge in [-0.25, -0.2) is 10.4 Å². The van der Waals surface area contributed by atoms with Crippen LogP contribution in [0.25, 0.3) is 0 Å². The van der Waals surface area contributed by atoms with E-state index in [2.05, 4.69) is 15.8 Å². The average molecular weight is 498 g/mol. The Kier molecular flexibility index (Phi) is 9.44. The first-order valence-electron chi connectivity index (χ1n) is 12.1. The highest BCUT2D eigenvalue weighted by molar-refractivity contribution is 6.00. The van der Waals surface area contributed by atoms with E-state index < -0.39 is 17.1 Å². The number of ether oxygens (including phenoxy) is 3. The minimum Gasteiger partial charge on any atom is -0.494 e. The zero-order valence-electron chi connectivity index (χ0n) is 21.1. The summed E-state index contributed by atoms with van der Waals surface area (Å²) in [7, 11) is 0. The van der Waals surface area contributed by atoms with E-state index in [-0.39, 0.29) is 32.0 Å². The van der Waals surface area contributed by atoms with Gasteiger partial charge in [-0.05, 0) is 57.0 Å². The fraction of sp³-hybridized carbons (Fsp3) is 0.444. The molecule has 0 fully saturated rings. The van der Waals surface area contributed by atoms with Gasteiger partial charge in [-0.2, -0.15) is 0 Å². The number of benzene rings is 2. The summed E-state index contributed by atoms with van der Waals surface area (Å²) in [6, 6.07) is 16.8. The highest BCUT2D eigenvalue weighted by atomic mass is 16.6. The lowest BCUT2D eigenvalue weighted by atomic mass is 9.94. The molecule has 9 heteroatoms. The Hall–Kier alpha value is -3.43. The van der Waals surface area contributed by atoms with Crippen molar-refractivity contribution < 1.29 is 28.9 Å². The molecule has 2 aromatic carbocycles. The van der Waals surface area contributed by atoms with Crippen LogP contribution in [0.2, 0.25) is 0 Å². The summed E-state index contributed by atoms with van der Waals surface area (Å²) in [6.07, 6.45) is 0.693. The van der Waals surface area contributed by atoms with E-state index in [9.17, 15) is 9.59 Å². The van der Waals surface area contributed by atoms with E-state index in [1.165, 1.54) is 0 Å². The molecule has 1 amide bonds. The number of hydrazine groups is 1. The number of esters is 1. The summed E-state index contributed by atoms with van der Waals surface area (Å²) in [5, 5.41) is 8.89. The van der Waals surface area contributed by atoms with E-state index in [0.717, 1.165) is 5.56 Å². The smallest absolute Gasteiger partial charge is 0.306 e. The van der Waals surface area contributed by atoms with Crippen LogP contribution in [-0.4, -0.2) is 53.8 Å². The Morgan fingerprint density at radius 1 is 1.11 bits per heavy atom. The predicted molar refractivity (Wildman–Crippen MR) is 135 cm³/mol. The minimum absolute atomic E-state index is 0.00126. The molecule has 0 aliphatic carbocycles. The molecule has 1 aliphatic rings. The lowest BCUT2D eigenvalue weighted by molar-refractivity contribution is -0.155. The van der Waals surface area contributed by atoms with Crippen LogP contribution < -0.4 is 15.6 Å². The topological polar surface area (TPSA) is 118 Å². The number of rotatable bonds is 12.